The van der Waals surface area contributed by atoms with Gasteiger partial charge >= 0.3 is 12.0 Å². The highest BCUT2D eigenvalue weighted by Crippen LogP contribution is 2.15. The predicted molar refractivity (Wildman–Crippen MR) is 102 cm³/mol. The number of anilines is 1. The van der Waals surface area contributed by atoms with E-state index in [1.165, 1.54) is 6.08 Å². The van der Waals surface area contributed by atoms with Crippen molar-refractivity contribution in [3.8, 4) is 6.07 Å². The number of urea groups is 1. The van der Waals surface area contributed by atoms with Crippen molar-refractivity contribution in [1.29, 1.82) is 5.26 Å². The molecule has 0 fully saturated rings. The summed E-state index contributed by atoms with van der Waals surface area (Å²) in [5.41, 5.74) is 0.848. The van der Waals surface area contributed by atoms with Crippen molar-refractivity contribution in [2.24, 2.45) is 0 Å². The standard InChI is InChI=1S/C19H24N4O4/c1-19(2,3)22-18(26)21-16(24)12-27-17(25)14(11-20)10-13-6-8-15(9-7-13)23(4)5/h6-10H,12H2,1-5H3,(H2,21,22,24,26)/b14-10+. The molecule has 0 saturated heterocycles. The molecule has 1 aromatic rings. The van der Waals surface area contributed by atoms with E-state index in [1.807, 2.05) is 36.4 Å². The molecule has 8 heteroatoms. The maximum absolute atomic E-state index is 12.0. The smallest absolute Gasteiger partial charge is 0.349 e. The van der Waals surface area contributed by atoms with E-state index >= 15 is 0 Å². The Balaban J connectivity index is 2.64. The van der Waals surface area contributed by atoms with Crippen molar-refractivity contribution in [3.63, 3.8) is 0 Å². The van der Waals surface area contributed by atoms with Gasteiger partial charge in [0, 0.05) is 25.3 Å². The van der Waals surface area contributed by atoms with Gasteiger partial charge in [0.05, 0.1) is 0 Å². The largest absolute Gasteiger partial charge is 0.451 e. The first kappa shape index (κ1) is 21.7. The summed E-state index contributed by atoms with van der Waals surface area (Å²) in [5.74, 6) is -1.74. The molecule has 0 unspecified atom stereocenters. The molecule has 0 atom stereocenters. The van der Waals surface area contributed by atoms with Crippen LogP contribution in [0.2, 0.25) is 0 Å². The molecule has 144 valence electrons. The van der Waals surface area contributed by atoms with Crippen molar-refractivity contribution in [1.82, 2.24) is 10.6 Å². The second-order valence-corrected chi connectivity index (χ2v) is 6.98. The molecule has 1 aromatic carbocycles. The zero-order valence-corrected chi connectivity index (χ0v) is 16.1. The lowest BCUT2D eigenvalue weighted by molar-refractivity contribution is -0.144. The summed E-state index contributed by atoms with van der Waals surface area (Å²) >= 11 is 0. The molecule has 1 rings (SSSR count). The van der Waals surface area contributed by atoms with Crippen LogP contribution >= 0.6 is 0 Å². The molecule has 0 saturated carbocycles. The first-order valence-corrected chi connectivity index (χ1v) is 8.20. The summed E-state index contributed by atoms with van der Waals surface area (Å²) in [6.07, 6.45) is 1.37. The third-order valence-corrected chi connectivity index (χ3v) is 3.14. The highest BCUT2D eigenvalue weighted by Gasteiger charge is 2.17. The number of hydrogen-bond acceptors (Lipinski definition) is 6. The summed E-state index contributed by atoms with van der Waals surface area (Å²) in [7, 11) is 3.80. The van der Waals surface area contributed by atoms with Crippen LogP contribution in [0.15, 0.2) is 29.8 Å². The van der Waals surface area contributed by atoms with Gasteiger partial charge in [0.25, 0.3) is 5.91 Å². The first-order chi connectivity index (χ1) is 12.5. The van der Waals surface area contributed by atoms with E-state index in [2.05, 4.69) is 5.32 Å². The Morgan fingerprint density at radius 2 is 1.78 bits per heavy atom. The van der Waals surface area contributed by atoms with Gasteiger partial charge in [-0.25, -0.2) is 9.59 Å². The van der Waals surface area contributed by atoms with Gasteiger partial charge in [0.1, 0.15) is 11.6 Å². The molecule has 2 N–H and O–H groups in total. The van der Waals surface area contributed by atoms with Gasteiger partial charge in [-0.3, -0.25) is 10.1 Å². The number of hydrogen-bond donors (Lipinski definition) is 2. The van der Waals surface area contributed by atoms with Crippen LogP contribution in [-0.2, 0) is 14.3 Å². The number of esters is 1. The van der Waals surface area contributed by atoms with E-state index in [0.717, 1.165) is 5.69 Å². The summed E-state index contributed by atoms with van der Waals surface area (Å²) in [6, 6.07) is 8.24. The van der Waals surface area contributed by atoms with Crippen LogP contribution in [0.25, 0.3) is 6.08 Å². The Morgan fingerprint density at radius 3 is 2.26 bits per heavy atom. The van der Waals surface area contributed by atoms with Crippen LogP contribution in [0.1, 0.15) is 26.3 Å². The fraction of sp³-hybridized carbons (Fsp3) is 0.368. The third-order valence-electron chi connectivity index (χ3n) is 3.14. The zero-order chi connectivity index (χ0) is 20.6. The van der Waals surface area contributed by atoms with Gasteiger partial charge in [0.2, 0.25) is 0 Å². The molecule has 0 heterocycles. The molecule has 0 aliphatic rings. The summed E-state index contributed by atoms with van der Waals surface area (Å²) in [6.45, 7) is 4.60. The number of carbonyl (C=O) groups is 3. The molecule has 0 radical (unpaired) electrons. The topological polar surface area (TPSA) is 112 Å². The average molecular weight is 372 g/mol. The van der Waals surface area contributed by atoms with Crippen molar-refractivity contribution >= 4 is 29.7 Å². The van der Waals surface area contributed by atoms with Crippen molar-refractivity contribution < 1.29 is 19.1 Å². The van der Waals surface area contributed by atoms with Gasteiger partial charge in [-0.2, -0.15) is 5.26 Å². The van der Waals surface area contributed by atoms with Gasteiger partial charge in [-0.15, -0.1) is 0 Å². The zero-order valence-electron chi connectivity index (χ0n) is 16.1. The fourth-order valence-electron chi connectivity index (χ4n) is 1.92. The monoisotopic (exact) mass is 372 g/mol. The van der Waals surface area contributed by atoms with Gasteiger partial charge in [-0.1, -0.05) is 12.1 Å². The molecule has 0 bridgehead atoms. The molecule has 0 aliphatic heterocycles. The highest BCUT2D eigenvalue weighted by molar-refractivity contribution is 6.00. The quantitative estimate of drug-likeness (QED) is 0.463. The molecule has 8 nitrogen and oxygen atoms in total. The molecule has 0 aliphatic carbocycles. The Hall–Kier alpha value is -3.34. The predicted octanol–water partition coefficient (Wildman–Crippen LogP) is 1.83. The van der Waals surface area contributed by atoms with Gasteiger partial charge in [0.15, 0.2) is 6.61 Å². The minimum absolute atomic E-state index is 0.250. The summed E-state index contributed by atoms with van der Waals surface area (Å²) < 4.78 is 4.79. The minimum atomic E-state index is -0.944. The molecule has 3 amide bonds. The number of nitrogens with one attached hydrogen (secondary N) is 2. The molecule has 27 heavy (non-hydrogen) atoms. The number of ether oxygens (including phenoxy) is 1. The van der Waals surface area contributed by atoms with Crippen LogP contribution in [-0.4, -0.2) is 44.1 Å². The molecular formula is C19H24N4O4. The van der Waals surface area contributed by atoms with Crippen molar-refractivity contribution in [2.45, 2.75) is 26.3 Å². The van der Waals surface area contributed by atoms with Gasteiger partial charge in [-0.05, 0) is 44.5 Å². The number of carbonyl (C=O) groups excluding carboxylic acids is 3. The number of nitriles is 1. The Kier molecular flexibility index (Phi) is 7.54. The van der Waals surface area contributed by atoms with E-state index in [0.29, 0.717) is 5.56 Å². The summed E-state index contributed by atoms with van der Waals surface area (Å²) in [5, 5.41) is 13.7. The first-order valence-electron chi connectivity index (χ1n) is 8.20. The minimum Gasteiger partial charge on any atom is -0.451 e. The number of benzene rings is 1. The lowest BCUT2D eigenvalue weighted by Gasteiger charge is -2.20. The number of imide groups is 1. The third kappa shape index (κ3) is 8.05. The number of amides is 3. The van der Waals surface area contributed by atoms with Crippen LogP contribution in [0, 0.1) is 11.3 Å². The molecule has 0 spiro atoms. The van der Waals surface area contributed by atoms with Crippen molar-refractivity contribution in [3.05, 3.63) is 35.4 Å². The lowest BCUT2D eigenvalue weighted by Crippen LogP contribution is -2.49. The maximum atomic E-state index is 12.0. The van der Waals surface area contributed by atoms with E-state index in [1.54, 1.807) is 39.0 Å². The summed E-state index contributed by atoms with van der Waals surface area (Å²) in [4.78, 5) is 37.1. The van der Waals surface area contributed by atoms with Crippen LogP contribution in [0.3, 0.4) is 0 Å². The fourth-order valence-corrected chi connectivity index (χ4v) is 1.92. The second kappa shape index (κ2) is 9.38. The van der Waals surface area contributed by atoms with Crippen LogP contribution in [0.5, 0.6) is 0 Å². The van der Waals surface area contributed by atoms with Gasteiger partial charge < -0.3 is 15.0 Å². The van der Waals surface area contributed by atoms with Crippen LogP contribution in [0.4, 0.5) is 10.5 Å². The van der Waals surface area contributed by atoms with E-state index in [-0.39, 0.29) is 5.57 Å². The second-order valence-electron chi connectivity index (χ2n) is 6.98. The average Bonchev–Trinajstić information content (AvgIpc) is 2.56. The lowest BCUT2D eigenvalue weighted by atomic mass is 10.1. The Labute approximate surface area is 158 Å². The Bertz CT molecular complexity index is 768. The van der Waals surface area contributed by atoms with E-state index in [4.69, 9.17) is 10.00 Å². The highest BCUT2D eigenvalue weighted by atomic mass is 16.5. The number of rotatable bonds is 5. The van der Waals surface area contributed by atoms with E-state index in [9.17, 15) is 14.4 Å². The SMILES string of the molecule is CN(C)c1ccc(/C=C(\C#N)C(=O)OCC(=O)NC(=O)NC(C)(C)C)cc1. The Morgan fingerprint density at radius 1 is 1.19 bits per heavy atom. The van der Waals surface area contributed by atoms with Crippen molar-refractivity contribution in [2.75, 3.05) is 25.6 Å². The molecular weight excluding hydrogens is 348 g/mol. The maximum Gasteiger partial charge on any atom is 0.349 e. The normalized spacial score (nSPS) is 11.2. The van der Waals surface area contributed by atoms with E-state index < -0.39 is 30.1 Å². The van der Waals surface area contributed by atoms with Crippen LogP contribution < -0.4 is 15.5 Å². The molecule has 0 aromatic heterocycles. The number of nitrogens with zero attached hydrogens (tertiary/aromatic N) is 2.